The predicted molar refractivity (Wildman–Crippen MR) is 86.2 cm³/mol. The zero-order valence-corrected chi connectivity index (χ0v) is 13.2. The van der Waals surface area contributed by atoms with E-state index >= 15 is 0 Å². The summed E-state index contributed by atoms with van der Waals surface area (Å²) >= 11 is 5.26. The molecule has 0 spiro atoms. The summed E-state index contributed by atoms with van der Waals surface area (Å²) in [5.74, 6) is 1.98. The lowest BCUT2D eigenvalue weighted by Gasteiger charge is -2.45. The van der Waals surface area contributed by atoms with Crippen molar-refractivity contribution in [1.82, 2.24) is 9.78 Å². The number of hydrogen-bond acceptors (Lipinski definition) is 3. The lowest BCUT2D eigenvalue weighted by Crippen LogP contribution is -2.48. The Morgan fingerprint density at radius 1 is 1.25 bits per heavy atom. The van der Waals surface area contributed by atoms with Gasteiger partial charge >= 0.3 is 0 Å². The van der Waals surface area contributed by atoms with Gasteiger partial charge in [-0.1, -0.05) is 25.1 Å². The molecular formula is C15H24N4S. The number of aromatic nitrogens is 2. The van der Waals surface area contributed by atoms with Gasteiger partial charge in [-0.2, -0.15) is 5.10 Å². The summed E-state index contributed by atoms with van der Waals surface area (Å²) in [5, 5.41) is 4.55. The number of hydrogen-bond donors (Lipinski definition) is 1. The molecule has 20 heavy (non-hydrogen) atoms. The number of fused-ring (bicyclic) bond motifs is 1. The standard InChI is InChI=1S/C15H24N4S/c1-10-13(14(16)20)15(18(2)17-10)19-9-5-7-11-6-3-4-8-12(11)19/h11-12H,3-9H2,1-2H3,(H2,16,20)/t11-,12-/m1/s1. The van der Waals surface area contributed by atoms with Crippen molar-refractivity contribution < 1.29 is 0 Å². The average molecular weight is 292 g/mol. The van der Waals surface area contributed by atoms with Crippen molar-refractivity contribution in [3.63, 3.8) is 0 Å². The van der Waals surface area contributed by atoms with Crippen LogP contribution in [0.25, 0.3) is 0 Å². The number of thiocarbonyl (C=S) groups is 1. The fourth-order valence-corrected chi connectivity index (χ4v) is 4.39. The van der Waals surface area contributed by atoms with Crippen LogP contribution in [-0.2, 0) is 7.05 Å². The molecule has 0 aromatic carbocycles. The van der Waals surface area contributed by atoms with E-state index in [1.54, 1.807) is 0 Å². The maximum atomic E-state index is 5.95. The van der Waals surface area contributed by atoms with Crippen LogP contribution in [0.5, 0.6) is 0 Å². The Bertz CT molecular complexity index is 520. The first kappa shape index (κ1) is 13.9. The molecule has 4 nitrogen and oxygen atoms in total. The molecule has 3 rings (SSSR count). The quantitative estimate of drug-likeness (QED) is 0.851. The van der Waals surface area contributed by atoms with Crippen LogP contribution in [-0.4, -0.2) is 27.4 Å². The lowest BCUT2D eigenvalue weighted by atomic mass is 9.78. The summed E-state index contributed by atoms with van der Waals surface area (Å²) in [6.45, 7) is 3.11. The Labute approximate surface area is 126 Å². The zero-order valence-electron chi connectivity index (χ0n) is 12.4. The van der Waals surface area contributed by atoms with Crippen molar-refractivity contribution in [3.8, 4) is 0 Å². The van der Waals surface area contributed by atoms with E-state index in [2.05, 4.69) is 10.00 Å². The first-order valence-corrected chi connectivity index (χ1v) is 8.10. The van der Waals surface area contributed by atoms with Gasteiger partial charge in [0.1, 0.15) is 10.8 Å². The number of rotatable bonds is 2. The first-order chi connectivity index (χ1) is 9.59. The van der Waals surface area contributed by atoms with Gasteiger partial charge in [-0.05, 0) is 38.5 Å². The van der Waals surface area contributed by atoms with Crippen LogP contribution in [0.3, 0.4) is 0 Å². The number of nitrogens with two attached hydrogens (primary N) is 1. The molecule has 110 valence electrons. The Morgan fingerprint density at radius 3 is 2.70 bits per heavy atom. The summed E-state index contributed by atoms with van der Waals surface area (Å²) < 4.78 is 1.97. The van der Waals surface area contributed by atoms with Gasteiger partial charge in [0, 0.05) is 19.6 Å². The van der Waals surface area contributed by atoms with E-state index in [-0.39, 0.29) is 0 Å². The van der Waals surface area contributed by atoms with Gasteiger partial charge < -0.3 is 10.6 Å². The second kappa shape index (κ2) is 5.35. The van der Waals surface area contributed by atoms with Gasteiger partial charge in [0.05, 0.1) is 11.3 Å². The summed E-state index contributed by atoms with van der Waals surface area (Å²) in [7, 11) is 2.01. The molecule has 2 aliphatic rings. The van der Waals surface area contributed by atoms with E-state index in [9.17, 15) is 0 Å². The monoisotopic (exact) mass is 292 g/mol. The molecule has 1 aliphatic heterocycles. The summed E-state index contributed by atoms with van der Waals surface area (Å²) in [5.41, 5.74) is 7.89. The number of piperidine rings is 1. The minimum Gasteiger partial charge on any atom is -0.389 e. The van der Waals surface area contributed by atoms with Gasteiger partial charge in [0.2, 0.25) is 0 Å². The van der Waals surface area contributed by atoms with Crippen LogP contribution in [0, 0.1) is 12.8 Å². The highest BCUT2D eigenvalue weighted by atomic mass is 32.1. The van der Waals surface area contributed by atoms with Crippen LogP contribution in [0.15, 0.2) is 0 Å². The van der Waals surface area contributed by atoms with Crippen molar-refractivity contribution in [2.75, 3.05) is 11.4 Å². The molecule has 0 unspecified atom stereocenters. The molecule has 1 aliphatic carbocycles. The van der Waals surface area contributed by atoms with Crippen molar-refractivity contribution >= 4 is 23.0 Å². The predicted octanol–water partition coefficient (Wildman–Crippen LogP) is 2.52. The van der Waals surface area contributed by atoms with Gasteiger partial charge in [0.25, 0.3) is 0 Å². The summed E-state index contributed by atoms with van der Waals surface area (Å²) in [4.78, 5) is 3.02. The lowest BCUT2D eigenvalue weighted by molar-refractivity contribution is 0.241. The Kier molecular flexibility index (Phi) is 3.71. The molecule has 0 amide bonds. The van der Waals surface area contributed by atoms with E-state index in [1.807, 2.05) is 18.7 Å². The fraction of sp³-hybridized carbons (Fsp3) is 0.733. The highest BCUT2D eigenvalue weighted by Gasteiger charge is 2.36. The Morgan fingerprint density at radius 2 is 1.95 bits per heavy atom. The van der Waals surface area contributed by atoms with E-state index in [0.29, 0.717) is 11.0 Å². The third kappa shape index (κ3) is 2.22. The molecule has 0 radical (unpaired) electrons. The van der Waals surface area contributed by atoms with Crippen LogP contribution >= 0.6 is 12.2 Å². The molecule has 1 saturated heterocycles. The van der Waals surface area contributed by atoms with Crippen molar-refractivity contribution in [2.45, 2.75) is 51.5 Å². The summed E-state index contributed by atoms with van der Waals surface area (Å²) in [6.07, 6.45) is 8.05. The molecular weight excluding hydrogens is 268 g/mol. The van der Waals surface area contributed by atoms with E-state index < -0.39 is 0 Å². The fourth-order valence-electron chi connectivity index (χ4n) is 4.15. The number of aryl methyl sites for hydroxylation is 2. The maximum absolute atomic E-state index is 5.95. The molecule has 2 atom stereocenters. The molecule has 2 heterocycles. The minimum absolute atomic E-state index is 0.475. The summed E-state index contributed by atoms with van der Waals surface area (Å²) in [6, 6.07) is 0.653. The first-order valence-electron chi connectivity index (χ1n) is 7.69. The topological polar surface area (TPSA) is 47.1 Å². The second-order valence-corrected chi connectivity index (χ2v) is 6.66. The van der Waals surface area contributed by atoms with Crippen LogP contribution in [0.2, 0.25) is 0 Å². The molecule has 1 aromatic heterocycles. The normalized spacial score (nSPS) is 26.4. The van der Waals surface area contributed by atoms with Gasteiger partial charge in [0.15, 0.2) is 0 Å². The SMILES string of the molecule is Cc1nn(C)c(N2CCC[C@H]3CCCC[C@H]32)c1C(N)=S. The van der Waals surface area contributed by atoms with Crippen molar-refractivity contribution in [1.29, 1.82) is 0 Å². The smallest absolute Gasteiger partial charge is 0.137 e. The Balaban J connectivity index is 2.01. The van der Waals surface area contributed by atoms with Crippen LogP contribution in [0.4, 0.5) is 5.82 Å². The van der Waals surface area contributed by atoms with Crippen molar-refractivity contribution in [2.24, 2.45) is 18.7 Å². The number of anilines is 1. The van der Waals surface area contributed by atoms with Gasteiger partial charge in [-0.15, -0.1) is 0 Å². The van der Waals surface area contributed by atoms with Crippen molar-refractivity contribution in [3.05, 3.63) is 11.3 Å². The molecule has 2 N–H and O–H groups in total. The largest absolute Gasteiger partial charge is 0.389 e. The highest BCUT2D eigenvalue weighted by Crippen LogP contribution is 2.39. The molecule has 2 fully saturated rings. The molecule has 5 heteroatoms. The van der Waals surface area contributed by atoms with Crippen LogP contribution < -0.4 is 10.6 Å². The molecule has 0 bridgehead atoms. The number of nitrogens with zero attached hydrogens (tertiary/aromatic N) is 3. The van der Waals surface area contributed by atoms with Crippen LogP contribution in [0.1, 0.15) is 49.8 Å². The third-order valence-corrected chi connectivity index (χ3v) is 5.16. The van der Waals surface area contributed by atoms with Gasteiger partial charge in [-0.3, -0.25) is 4.68 Å². The second-order valence-electron chi connectivity index (χ2n) is 6.22. The Hall–Kier alpha value is -1.10. The average Bonchev–Trinajstić information content (AvgIpc) is 2.73. The van der Waals surface area contributed by atoms with E-state index in [1.165, 1.54) is 38.5 Å². The minimum atomic E-state index is 0.475. The van der Waals surface area contributed by atoms with Gasteiger partial charge in [-0.25, -0.2) is 0 Å². The zero-order chi connectivity index (χ0) is 14.3. The maximum Gasteiger partial charge on any atom is 0.137 e. The van der Waals surface area contributed by atoms with E-state index in [4.69, 9.17) is 18.0 Å². The molecule has 1 saturated carbocycles. The highest BCUT2D eigenvalue weighted by molar-refractivity contribution is 7.80. The third-order valence-electron chi connectivity index (χ3n) is 4.95. The molecule has 1 aromatic rings. The van der Waals surface area contributed by atoms with E-state index in [0.717, 1.165) is 29.5 Å².